The molecule has 0 aliphatic heterocycles. The molecule has 2 rings (SSSR count). The van der Waals surface area contributed by atoms with Crippen LogP contribution in [-0.2, 0) is 0 Å². The molecule has 6 heteroatoms. The summed E-state index contributed by atoms with van der Waals surface area (Å²) < 4.78 is 12.0. The van der Waals surface area contributed by atoms with Gasteiger partial charge in [-0.05, 0) is 55.0 Å². The molecule has 0 amide bonds. The first-order valence-corrected chi connectivity index (χ1v) is 13.0. The summed E-state index contributed by atoms with van der Waals surface area (Å²) in [7, 11) is 0. The molecule has 2 N–H and O–H groups in total. The molecule has 0 radical (unpaired) electrons. The van der Waals surface area contributed by atoms with E-state index in [-0.39, 0.29) is 11.1 Å². The first-order valence-electron chi connectivity index (χ1n) is 13.0. The van der Waals surface area contributed by atoms with Gasteiger partial charge in [-0.2, -0.15) is 0 Å². The lowest BCUT2D eigenvalue weighted by Crippen LogP contribution is -2.24. The van der Waals surface area contributed by atoms with Gasteiger partial charge in [-0.1, -0.05) is 77.6 Å². The summed E-state index contributed by atoms with van der Waals surface area (Å²) in [5, 5.41) is 18.2. The Morgan fingerprint density at radius 2 is 0.943 bits per heavy atom. The van der Waals surface area contributed by atoms with Gasteiger partial charge in [-0.15, -0.1) is 0 Å². The van der Waals surface area contributed by atoms with Crippen molar-refractivity contribution < 1.29 is 29.3 Å². The van der Waals surface area contributed by atoms with Gasteiger partial charge < -0.3 is 19.7 Å². The van der Waals surface area contributed by atoms with Crippen LogP contribution in [0.2, 0.25) is 0 Å². The van der Waals surface area contributed by atoms with Gasteiger partial charge in [0.05, 0.1) is 11.1 Å². The Hall–Kier alpha value is -3.02. The molecule has 0 unspecified atom stereocenters. The Labute approximate surface area is 209 Å². The Balaban J connectivity index is 1.77. The van der Waals surface area contributed by atoms with Crippen LogP contribution in [0.1, 0.15) is 111 Å². The molecular weight excluding hydrogens is 444 g/mol. The molecule has 2 aromatic carbocycles. The van der Waals surface area contributed by atoms with Gasteiger partial charge in [0.25, 0.3) is 0 Å². The van der Waals surface area contributed by atoms with E-state index in [2.05, 4.69) is 6.92 Å². The lowest BCUT2D eigenvalue weighted by atomic mass is 10.0. The van der Waals surface area contributed by atoms with Crippen molar-refractivity contribution in [1.82, 2.24) is 0 Å². The van der Waals surface area contributed by atoms with Crippen molar-refractivity contribution in [1.29, 1.82) is 0 Å². The molecule has 0 fully saturated rings. The summed E-state index contributed by atoms with van der Waals surface area (Å²) in [6, 6.07) is 12.5. The lowest BCUT2D eigenvalue weighted by molar-refractivity contribution is -0.00246. The zero-order valence-electron chi connectivity index (χ0n) is 20.9. The van der Waals surface area contributed by atoms with E-state index in [0.29, 0.717) is 17.9 Å². The van der Waals surface area contributed by atoms with Crippen LogP contribution in [0.25, 0.3) is 0 Å². The standard InChI is InChI=1S/C29H40O6/c1-2-3-4-5-6-7-8-9-10-11-12-13-14-27(34-25-19-15-23(16-20-25)28(30)31)35-26-21-17-24(18-22-26)29(32)33/h15-22,27H,2-14H2,1H3,(H,30,31)(H,32,33). The van der Waals surface area contributed by atoms with Crippen molar-refractivity contribution in [2.24, 2.45) is 0 Å². The number of unbranched alkanes of at least 4 members (excludes halogenated alkanes) is 11. The topological polar surface area (TPSA) is 93.1 Å². The monoisotopic (exact) mass is 484 g/mol. The second-order valence-corrected chi connectivity index (χ2v) is 9.00. The van der Waals surface area contributed by atoms with Crippen LogP contribution in [0, 0.1) is 0 Å². The van der Waals surface area contributed by atoms with E-state index in [1.807, 2.05) is 0 Å². The fourth-order valence-corrected chi connectivity index (χ4v) is 3.95. The highest BCUT2D eigenvalue weighted by Gasteiger charge is 2.14. The van der Waals surface area contributed by atoms with E-state index >= 15 is 0 Å². The quantitative estimate of drug-likeness (QED) is 0.155. The second-order valence-electron chi connectivity index (χ2n) is 9.00. The molecule has 6 nitrogen and oxygen atoms in total. The summed E-state index contributed by atoms with van der Waals surface area (Å²) >= 11 is 0. The second kappa shape index (κ2) is 16.6. The molecule has 0 heterocycles. The molecule has 0 aliphatic carbocycles. The van der Waals surface area contributed by atoms with E-state index in [0.717, 1.165) is 12.8 Å². The fraction of sp³-hybridized carbons (Fsp3) is 0.517. The van der Waals surface area contributed by atoms with Crippen LogP contribution < -0.4 is 9.47 Å². The highest BCUT2D eigenvalue weighted by Crippen LogP contribution is 2.21. The lowest BCUT2D eigenvalue weighted by Gasteiger charge is -2.21. The average Bonchev–Trinajstić information content (AvgIpc) is 2.85. The number of carboxylic acids is 2. The van der Waals surface area contributed by atoms with Gasteiger partial charge in [0.2, 0.25) is 6.29 Å². The van der Waals surface area contributed by atoms with Crippen LogP contribution in [0.4, 0.5) is 0 Å². The van der Waals surface area contributed by atoms with Crippen molar-refractivity contribution in [3.05, 3.63) is 59.7 Å². The number of carbonyl (C=O) groups is 2. The Kier molecular flexibility index (Phi) is 13.4. The molecule has 0 saturated heterocycles. The molecule has 35 heavy (non-hydrogen) atoms. The van der Waals surface area contributed by atoms with Gasteiger partial charge in [0.15, 0.2) is 0 Å². The molecule has 0 aliphatic rings. The normalized spacial score (nSPS) is 10.9. The zero-order chi connectivity index (χ0) is 25.3. The van der Waals surface area contributed by atoms with Gasteiger partial charge in [-0.25, -0.2) is 9.59 Å². The maximum absolute atomic E-state index is 11.1. The molecule has 0 saturated carbocycles. The van der Waals surface area contributed by atoms with Crippen molar-refractivity contribution in [3.63, 3.8) is 0 Å². The van der Waals surface area contributed by atoms with E-state index in [1.165, 1.54) is 88.5 Å². The Bertz CT molecular complexity index is 800. The molecule has 0 spiro atoms. The van der Waals surface area contributed by atoms with E-state index in [9.17, 15) is 9.59 Å². The van der Waals surface area contributed by atoms with E-state index in [4.69, 9.17) is 19.7 Å². The number of hydrogen-bond acceptors (Lipinski definition) is 4. The maximum Gasteiger partial charge on any atom is 0.335 e. The minimum absolute atomic E-state index is 0.194. The fourth-order valence-electron chi connectivity index (χ4n) is 3.95. The highest BCUT2D eigenvalue weighted by molar-refractivity contribution is 5.88. The molecule has 192 valence electrons. The van der Waals surface area contributed by atoms with E-state index < -0.39 is 18.2 Å². The van der Waals surface area contributed by atoms with Gasteiger partial charge >= 0.3 is 11.9 Å². The minimum Gasteiger partial charge on any atom is -0.478 e. The molecule has 0 aromatic heterocycles. The summed E-state index contributed by atoms with van der Waals surface area (Å²) in [6.07, 6.45) is 15.3. The number of ether oxygens (including phenoxy) is 2. The van der Waals surface area contributed by atoms with Crippen molar-refractivity contribution >= 4 is 11.9 Å². The summed E-state index contributed by atoms with van der Waals surface area (Å²) in [5.74, 6) is -0.916. The Morgan fingerprint density at radius 3 is 1.29 bits per heavy atom. The van der Waals surface area contributed by atoms with Crippen LogP contribution in [0.5, 0.6) is 11.5 Å². The summed E-state index contributed by atoms with van der Waals surface area (Å²) in [5.41, 5.74) is 0.389. The van der Waals surface area contributed by atoms with Gasteiger partial charge in [-0.3, -0.25) is 0 Å². The van der Waals surface area contributed by atoms with Crippen LogP contribution in [0.3, 0.4) is 0 Å². The zero-order valence-corrected chi connectivity index (χ0v) is 20.9. The van der Waals surface area contributed by atoms with Crippen molar-refractivity contribution in [2.45, 2.75) is 96.7 Å². The van der Waals surface area contributed by atoms with Crippen molar-refractivity contribution in [3.8, 4) is 11.5 Å². The molecule has 2 aromatic rings. The number of hydrogen-bond donors (Lipinski definition) is 2. The van der Waals surface area contributed by atoms with Crippen LogP contribution in [-0.4, -0.2) is 28.4 Å². The number of carboxylic acid groups (broad SMARTS) is 2. The first-order chi connectivity index (χ1) is 17.0. The third kappa shape index (κ3) is 11.8. The Morgan fingerprint density at radius 1 is 0.600 bits per heavy atom. The molecule has 0 atom stereocenters. The molecule has 0 bridgehead atoms. The van der Waals surface area contributed by atoms with Gasteiger partial charge in [0, 0.05) is 6.42 Å². The summed E-state index contributed by atoms with van der Waals surface area (Å²) in [6.45, 7) is 2.25. The smallest absolute Gasteiger partial charge is 0.335 e. The largest absolute Gasteiger partial charge is 0.478 e. The van der Waals surface area contributed by atoms with Crippen LogP contribution >= 0.6 is 0 Å². The predicted octanol–water partition coefficient (Wildman–Crippen LogP) is 7.96. The third-order valence-electron chi connectivity index (χ3n) is 6.03. The highest BCUT2D eigenvalue weighted by atomic mass is 16.7. The number of aromatic carboxylic acids is 2. The van der Waals surface area contributed by atoms with Crippen LogP contribution in [0.15, 0.2) is 48.5 Å². The predicted molar refractivity (Wildman–Crippen MR) is 138 cm³/mol. The SMILES string of the molecule is CCCCCCCCCCCCCCC(Oc1ccc(C(=O)O)cc1)Oc1ccc(C(=O)O)cc1. The maximum atomic E-state index is 11.1. The van der Waals surface area contributed by atoms with Crippen molar-refractivity contribution in [2.75, 3.05) is 0 Å². The molecular formula is C29H40O6. The first kappa shape index (κ1) is 28.2. The summed E-state index contributed by atoms with van der Waals surface area (Å²) in [4.78, 5) is 22.2. The number of benzene rings is 2. The van der Waals surface area contributed by atoms with Gasteiger partial charge in [0.1, 0.15) is 11.5 Å². The van der Waals surface area contributed by atoms with E-state index in [1.54, 1.807) is 24.3 Å². The number of rotatable bonds is 19. The minimum atomic E-state index is -0.987. The average molecular weight is 485 g/mol. The third-order valence-corrected chi connectivity index (χ3v) is 6.03.